The molecule has 0 heterocycles. The van der Waals surface area contributed by atoms with Crippen molar-refractivity contribution in [1.82, 2.24) is 5.32 Å². The average molecular weight is 230 g/mol. The number of nitriles is 1. The number of para-hydroxylation sites is 1. The minimum atomic E-state index is -0.762. The van der Waals surface area contributed by atoms with Crippen LogP contribution in [0.5, 0.6) is 5.75 Å². The quantitative estimate of drug-likeness (QED) is 0.478. The van der Waals surface area contributed by atoms with Gasteiger partial charge in [-0.05, 0) is 12.1 Å². The van der Waals surface area contributed by atoms with Gasteiger partial charge in [0.15, 0.2) is 0 Å². The molecule has 0 saturated heterocycles. The number of nitrogens with zero attached hydrogens (tertiary/aromatic N) is 1. The lowest BCUT2D eigenvalue weighted by Crippen LogP contribution is -2.28. The maximum absolute atomic E-state index is 11.4. The van der Waals surface area contributed by atoms with Gasteiger partial charge in [-0.2, -0.15) is 5.26 Å². The number of amides is 1. The summed E-state index contributed by atoms with van der Waals surface area (Å²) < 4.78 is 4.92. The number of benzene rings is 1. The first-order chi connectivity index (χ1) is 8.13. The molecule has 1 amide bonds. The summed E-state index contributed by atoms with van der Waals surface area (Å²) in [5.74, 6) is -1.00. The minimum Gasteiger partial charge on any atom is -0.422 e. The maximum atomic E-state index is 11.4. The second-order valence-corrected chi connectivity index (χ2v) is 3.06. The van der Waals surface area contributed by atoms with E-state index in [4.69, 9.17) is 10.00 Å². The molecule has 1 N–H and O–H groups in total. The Bertz CT molecular complexity index is 474. The average Bonchev–Trinajstić information content (AvgIpc) is 2.30. The van der Waals surface area contributed by atoms with Gasteiger partial charge in [-0.25, -0.2) is 4.79 Å². The fourth-order valence-electron chi connectivity index (χ4n) is 0.992. The standard InChI is InChI=1S/C12H10N2O3/c1-9(14-11(15)7-8-13)12(16)17-10-5-3-2-4-6-10/h2-6H,1,7H2,(H,14,15). The summed E-state index contributed by atoms with van der Waals surface area (Å²) >= 11 is 0. The summed E-state index contributed by atoms with van der Waals surface area (Å²) in [6.45, 7) is 3.36. The van der Waals surface area contributed by atoms with E-state index in [0.717, 1.165) is 0 Å². The third-order valence-electron chi connectivity index (χ3n) is 1.73. The molecule has 1 aromatic rings. The number of nitrogens with one attached hydrogen (secondary N) is 1. The molecule has 1 rings (SSSR count). The predicted octanol–water partition coefficient (Wildman–Crippen LogP) is 1.14. The second-order valence-electron chi connectivity index (χ2n) is 3.06. The van der Waals surface area contributed by atoms with Crippen LogP contribution in [0.4, 0.5) is 0 Å². The van der Waals surface area contributed by atoms with Crippen molar-refractivity contribution < 1.29 is 14.3 Å². The molecule has 0 aromatic heterocycles. The fraction of sp³-hybridized carbons (Fsp3) is 0.0833. The Morgan fingerprint density at radius 2 is 2.00 bits per heavy atom. The maximum Gasteiger partial charge on any atom is 0.359 e. The summed E-state index contributed by atoms with van der Waals surface area (Å²) in [7, 11) is 0. The van der Waals surface area contributed by atoms with Crippen LogP contribution in [0, 0.1) is 11.3 Å². The summed E-state index contributed by atoms with van der Waals surface area (Å²) in [4.78, 5) is 22.4. The molecule has 5 heteroatoms. The Labute approximate surface area is 98.3 Å². The zero-order valence-electron chi connectivity index (χ0n) is 8.97. The molecule has 17 heavy (non-hydrogen) atoms. The molecule has 0 aliphatic carbocycles. The van der Waals surface area contributed by atoms with E-state index in [1.165, 1.54) is 0 Å². The van der Waals surface area contributed by atoms with Crippen LogP contribution in [-0.2, 0) is 9.59 Å². The van der Waals surface area contributed by atoms with E-state index in [1.54, 1.807) is 36.4 Å². The van der Waals surface area contributed by atoms with Gasteiger partial charge in [0.05, 0.1) is 6.07 Å². The lowest BCUT2D eigenvalue weighted by Gasteiger charge is -2.06. The van der Waals surface area contributed by atoms with Gasteiger partial charge in [0.2, 0.25) is 5.91 Å². The molecule has 86 valence electrons. The zero-order chi connectivity index (χ0) is 12.7. The van der Waals surface area contributed by atoms with E-state index < -0.39 is 11.9 Å². The van der Waals surface area contributed by atoms with E-state index in [1.807, 2.05) is 0 Å². The van der Waals surface area contributed by atoms with E-state index in [-0.39, 0.29) is 12.1 Å². The van der Waals surface area contributed by atoms with Crippen molar-refractivity contribution in [1.29, 1.82) is 5.26 Å². The summed E-state index contributed by atoms with van der Waals surface area (Å²) in [6, 6.07) is 10.0. The highest BCUT2D eigenvalue weighted by molar-refractivity contribution is 5.94. The smallest absolute Gasteiger partial charge is 0.359 e. The normalized spacial score (nSPS) is 8.88. The minimum absolute atomic E-state index is 0.200. The highest BCUT2D eigenvalue weighted by Gasteiger charge is 2.12. The van der Waals surface area contributed by atoms with Crippen molar-refractivity contribution >= 4 is 11.9 Å². The number of carbonyl (C=O) groups is 2. The Morgan fingerprint density at radius 3 is 2.59 bits per heavy atom. The fourth-order valence-corrected chi connectivity index (χ4v) is 0.992. The molecule has 0 saturated carbocycles. The topological polar surface area (TPSA) is 79.2 Å². The van der Waals surface area contributed by atoms with Gasteiger partial charge in [0.25, 0.3) is 0 Å². The molecule has 0 aliphatic heterocycles. The third kappa shape index (κ3) is 4.18. The van der Waals surface area contributed by atoms with E-state index in [9.17, 15) is 9.59 Å². The molecular formula is C12H10N2O3. The van der Waals surface area contributed by atoms with Gasteiger partial charge in [0.1, 0.15) is 17.9 Å². The Kier molecular flexibility index (Phi) is 4.45. The van der Waals surface area contributed by atoms with Crippen LogP contribution in [0.15, 0.2) is 42.6 Å². The number of hydrogen-bond acceptors (Lipinski definition) is 4. The molecule has 0 fully saturated rings. The molecule has 0 aliphatic rings. The van der Waals surface area contributed by atoms with Crippen LogP contribution in [0.1, 0.15) is 6.42 Å². The molecule has 1 aromatic carbocycles. The molecular weight excluding hydrogens is 220 g/mol. The summed E-state index contributed by atoms with van der Waals surface area (Å²) in [5, 5.41) is 10.4. The molecule has 0 radical (unpaired) electrons. The number of carbonyl (C=O) groups excluding carboxylic acids is 2. The molecule has 5 nitrogen and oxygen atoms in total. The van der Waals surface area contributed by atoms with E-state index in [0.29, 0.717) is 5.75 Å². The van der Waals surface area contributed by atoms with Crippen molar-refractivity contribution in [2.75, 3.05) is 0 Å². The van der Waals surface area contributed by atoms with E-state index in [2.05, 4.69) is 11.9 Å². The van der Waals surface area contributed by atoms with Crippen LogP contribution >= 0.6 is 0 Å². The third-order valence-corrected chi connectivity index (χ3v) is 1.73. The highest BCUT2D eigenvalue weighted by Crippen LogP contribution is 2.09. The van der Waals surface area contributed by atoms with Crippen LogP contribution in [0.3, 0.4) is 0 Å². The lowest BCUT2D eigenvalue weighted by atomic mass is 10.3. The Morgan fingerprint density at radius 1 is 1.35 bits per heavy atom. The van der Waals surface area contributed by atoms with Crippen molar-refractivity contribution in [3.63, 3.8) is 0 Å². The predicted molar refractivity (Wildman–Crippen MR) is 59.6 cm³/mol. The first-order valence-electron chi connectivity index (χ1n) is 4.76. The van der Waals surface area contributed by atoms with Gasteiger partial charge in [-0.15, -0.1) is 0 Å². The number of rotatable bonds is 4. The van der Waals surface area contributed by atoms with Gasteiger partial charge >= 0.3 is 5.97 Å². The SMILES string of the molecule is C=C(NC(=O)CC#N)C(=O)Oc1ccccc1. The Balaban J connectivity index is 2.51. The van der Waals surface area contributed by atoms with Gasteiger partial charge in [-0.1, -0.05) is 24.8 Å². The van der Waals surface area contributed by atoms with E-state index >= 15 is 0 Å². The lowest BCUT2D eigenvalue weighted by molar-refractivity contribution is -0.132. The van der Waals surface area contributed by atoms with Gasteiger partial charge < -0.3 is 10.1 Å². The zero-order valence-corrected chi connectivity index (χ0v) is 8.97. The monoisotopic (exact) mass is 230 g/mol. The summed E-state index contributed by atoms with van der Waals surface area (Å²) in [6.07, 6.45) is -0.336. The number of ether oxygens (including phenoxy) is 1. The molecule has 0 atom stereocenters. The largest absolute Gasteiger partial charge is 0.422 e. The van der Waals surface area contributed by atoms with Crippen molar-refractivity contribution in [2.45, 2.75) is 6.42 Å². The van der Waals surface area contributed by atoms with Crippen molar-refractivity contribution in [2.24, 2.45) is 0 Å². The number of esters is 1. The van der Waals surface area contributed by atoms with Crippen LogP contribution in [-0.4, -0.2) is 11.9 Å². The van der Waals surface area contributed by atoms with Gasteiger partial charge in [0, 0.05) is 0 Å². The first-order valence-corrected chi connectivity index (χ1v) is 4.76. The molecule has 0 spiro atoms. The van der Waals surface area contributed by atoms with Crippen LogP contribution in [0.2, 0.25) is 0 Å². The van der Waals surface area contributed by atoms with Crippen molar-refractivity contribution in [3.05, 3.63) is 42.6 Å². The molecule has 0 unspecified atom stereocenters. The van der Waals surface area contributed by atoms with Gasteiger partial charge in [-0.3, -0.25) is 4.79 Å². The van der Waals surface area contributed by atoms with Crippen molar-refractivity contribution in [3.8, 4) is 11.8 Å². The summed E-state index contributed by atoms with van der Waals surface area (Å²) in [5.41, 5.74) is -0.200. The first kappa shape index (κ1) is 12.5. The highest BCUT2D eigenvalue weighted by atomic mass is 16.5. The van der Waals surface area contributed by atoms with Crippen LogP contribution in [0.25, 0.3) is 0 Å². The Hall–Kier alpha value is -2.61. The second kappa shape index (κ2) is 6.08. The van der Waals surface area contributed by atoms with Crippen LogP contribution < -0.4 is 10.1 Å². The molecule has 0 bridgehead atoms. The number of hydrogen-bond donors (Lipinski definition) is 1.